The first-order valence-corrected chi connectivity index (χ1v) is 7.87. The van der Waals surface area contributed by atoms with Crippen molar-refractivity contribution >= 4 is 0 Å². The van der Waals surface area contributed by atoms with E-state index in [1.807, 2.05) is 13.8 Å². The summed E-state index contributed by atoms with van der Waals surface area (Å²) in [5.74, 6) is -0.885. The zero-order valence-electron chi connectivity index (χ0n) is 13.9. The van der Waals surface area contributed by atoms with Crippen LogP contribution in [-0.4, -0.2) is 81.4 Å². The zero-order valence-corrected chi connectivity index (χ0v) is 13.9. The fourth-order valence-electron chi connectivity index (χ4n) is 3.09. The van der Waals surface area contributed by atoms with Crippen molar-refractivity contribution < 1.29 is 40.1 Å². The summed E-state index contributed by atoms with van der Waals surface area (Å²) in [5.41, 5.74) is -2.02. The van der Waals surface area contributed by atoms with Gasteiger partial charge in [-0.1, -0.05) is 13.8 Å². The van der Waals surface area contributed by atoms with Crippen LogP contribution >= 0.6 is 0 Å². The molecule has 1 aliphatic rings. The second kappa shape index (κ2) is 8.68. The Balaban J connectivity index is 2.51. The minimum Gasteiger partial charge on any atom is -0.396 e. The molecule has 8 nitrogen and oxygen atoms in total. The topological polar surface area (TPSA) is 140 Å². The molecular formula is C15H30O8. The third kappa shape index (κ3) is 4.83. The van der Waals surface area contributed by atoms with Gasteiger partial charge in [-0.3, -0.25) is 0 Å². The Hall–Kier alpha value is -0.320. The molecule has 8 atom stereocenters. The van der Waals surface area contributed by atoms with Crippen LogP contribution in [0.3, 0.4) is 0 Å². The van der Waals surface area contributed by atoms with Crippen molar-refractivity contribution in [3.63, 3.8) is 0 Å². The van der Waals surface area contributed by atoms with Gasteiger partial charge < -0.3 is 40.1 Å². The summed E-state index contributed by atoms with van der Waals surface area (Å²) in [6.07, 6.45) is -5.08. The zero-order chi connectivity index (χ0) is 17.8. The standard InChI is InChI=1S/C15H30O8/c1-8(4-9(2)13(19)22-3)7-23-14(20)15(21)5-10(6-16)11(17)12(15)18/h8-14,16-21H,4-7H2,1-3H3. The lowest BCUT2D eigenvalue weighted by Crippen LogP contribution is -2.52. The van der Waals surface area contributed by atoms with Gasteiger partial charge in [0.25, 0.3) is 0 Å². The number of hydrogen-bond donors (Lipinski definition) is 6. The van der Waals surface area contributed by atoms with Crippen LogP contribution in [0.1, 0.15) is 26.7 Å². The second-order valence-electron chi connectivity index (χ2n) is 6.70. The van der Waals surface area contributed by atoms with Crippen LogP contribution in [0.5, 0.6) is 0 Å². The summed E-state index contributed by atoms with van der Waals surface area (Å²) in [4.78, 5) is 0. The average molecular weight is 338 g/mol. The Bertz CT molecular complexity index is 354. The van der Waals surface area contributed by atoms with Gasteiger partial charge in [0.15, 0.2) is 12.6 Å². The van der Waals surface area contributed by atoms with Crippen molar-refractivity contribution in [3.05, 3.63) is 0 Å². The molecule has 23 heavy (non-hydrogen) atoms. The van der Waals surface area contributed by atoms with Gasteiger partial charge in [-0.2, -0.15) is 0 Å². The first-order valence-electron chi connectivity index (χ1n) is 7.87. The van der Waals surface area contributed by atoms with E-state index in [0.29, 0.717) is 6.42 Å². The van der Waals surface area contributed by atoms with Crippen molar-refractivity contribution in [2.24, 2.45) is 17.8 Å². The van der Waals surface area contributed by atoms with E-state index in [-0.39, 0.29) is 24.9 Å². The summed E-state index contributed by atoms with van der Waals surface area (Å²) in [7, 11) is 1.41. The Morgan fingerprint density at radius 2 is 1.83 bits per heavy atom. The quantitative estimate of drug-likeness (QED) is 0.277. The third-order valence-electron chi connectivity index (χ3n) is 4.61. The van der Waals surface area contributed by atoms with Gasteiger partial charge in [-0.05, 0) is 18.8 Å². The lowest BCUT2D eigenvalue weighted by Gasteiger charge is -2.33. The van der Waals surface area contributed by atoms with E-state index in [1.54, 1.807) is 0 Å². The molecule has 8 heteroatoms. The van der Waals surface area contributed by atoms with Gasteiger partial charge in [-0.25, -0.2) is 0 Å². The molecule has 0 aliphatic heterocycles. The van der Waals surface area contributed by atoms with Crippen LogP contribution < -0.4 is 0 Å². The Labute approximate surface area is 136 Å². The monoisotopic (exact) mass is 338 g/mol. The number of methoxy groups -OCH3 is 1. The van der Waals surface area contributed by atoms with Crippen LogP contribution in [0.25, 0.3) is 0 Å². The maximum Gasteiger partial charge on any atom is 0.186 e. The van der Waals surface area contributed by atoms with Gasteiger partial charge in [-0.15, -0.1) is 0 Å². The molecule has 1 fully saturated rings. The van der Waals surface area contributed by atoms with Gasteiger partial charge in [0.05, 0.1) is 12.7 Å². The van der Waals surface area contributed by atoms with Gasteiger partial charge in [0.1, 0.15) is 11.7 Å². The molecule has 138 valence electrons. The summed E-state index contributed by atoms with van der Waals surface area (Å²) < 4.78 is 10.1. The maximum atomic E-state index is 10.4. The van der Waals surface area contributed by atoms with Gasteiger partial charge >= 0.3 is 0 Å². The minimum atomic E-state index is -2.02. The smallest absolute Gasteiger partial charge is 0.186 e. The molecule has 6 N–H and O–H groups in total. The van der Waals surface area contributed by atoms with E-state index < -0.39 is 42.9 Å². The minimum absolute atomic E-state index is 0.0369. The predicted octanol–water partition coefficient (Wildman–Crippen LogP) is -1.59. The SMILES string of the molecule is COC(O)C(C)CC(C)COC(O)C1(O)CC(CO)C(O)C1O. The highest BCUT2D eigenvalue weighted by molar-refractivity contribution is 5.04. The van der Waals surface area contributed by atoms with Crippen molar-refractivity contribution in [2.75, 3.05) is 20.3 Å². The average Bonchev–Trinajstić information content (AvgIpc) is 2.76. The van der Waals surface area contributed by atoms with Crippen LogP contribution in [0.4, 0.5) is 0 Å². The molecule has 0 heterocycles. The first kappa shape index (κ1) is 20.7. The normalized spacial score (nSPS) is 36.7. The van der Waals surface area contributed by atoms with Crippen LogP contribution in [-0.2, 0) is 9.47 Å². The number of hydrogen-bond acceptors (Lipinski definition) is 8. The molecule has 1 aliphatic carbocycles. The summed E-state index contributed by atoms with van der Waals surface area (Å²) >= 11 is 0. The van der Waals surface area contributed by atoms with E-state index in [9.17, 15) is 25.5 Å². The largest absolute Gasteiger partial charge is 0.396 e. The van der Waals surface area contributed by atoms with E-state index in [0.717, 1.165) is 0 Å². The molecule has 0 saturated heterocycles. The molecule has 0 amide bonds. The molecule has 1 saturated carbocycles. The number of aliphatic hydroxyl groups is 6. The predicted molar refractivity (Wildman–Crippen MR) is 80.1 cm³/mol. The van der Waals surface area contributed by atoms with E-state index >= 15 is 0 Å². The Morgan fingerprint density at radius 3 is 2.30 bits per heavy atom. The molecule has 8 unspecified atom stereocenters. The molecule has 1 rings (SSSR count). The number of rotatable bonds is 9. The highest BCUT2D eigenvalue weighted by atomic mass is 16.6. The molecule has 0 spiro atoms. The third-order valence-corrected chi connectivity index (χ3v) is 4.61. The van der Waals surface area contributed by atoms with Gasteiger partial charge in [0.2, 0.25) is 0 Å². The number of aliphatic hydroxyl groups excluding tert-OH is 5. The first-order chi connectivity index (χ1) is 10.7. The van der Waals surface area contributed by atoms with Crippen molar-refractivity contribution in [1.29, 1.82) is 0 Å². The fraction of sp³-hybridized carbons (Fsp3) is 1.00. The number of ether oxygens (including phenoxy) is 2. The maximum absolute atomic E-state index is 10.4. The van der Waals surface area contributed by atoms with Crippen LogP contribution in [0, 0.1) is 17.8 Å². The molecule has 0 aromatic heterocycles. The lowest BCUT2D eigenvalue weighted by molar-refractivity contribution is -0.247. The highest BCUT2D eigenvalue weighted by Crippen LogP contribution is 2.38. The second-order valence-corrected chi connectivity index (χ2v) is 6.70. The van der Waals surface area contributed by atoms with E-state index in [4.69, 9.17) is 14.6 Å². The summed E-state index contributed by atoms with van der Waals surface area (Å²) in [6, 6.07) is 0. The molecule has 0 bridgehead atoms. The van der Waals surface area contributed by atoms with E-state index in [1.165, 1.54) is 7.11 Å². The van der Waals surface area contributed by atoms with Crippen molar-refractivity contribution in [3.8, 4) is 0 Å². The Kier molecular flexibility index (Phi) is 7.82. The fourth-order valence-corrected chi connectivity index (χ4v) is 3.09. The van der Waals surface area contributed by atoms with Gasteiger partial charge in [0, 0.05) is 25.6 Å². The van der Waals surface area contributed by atoms with E-state index in [2.05, 4.69) is 0 Å². The lowest BCUT2D eigenvalue weighted by atomic mass is 9.96. The van der Waals surface area contributed by atoms with Crippen molar-refractivity contribution in [2.45, 2.75) is 57.1 Å². The molecule has 0 aromatic carbocycles. The summed E-state index contributed by atoms with van der Waals surface area (Å²) in [6.45, 7) is 3.36. The summed E-state index contributed by atoms with van der Waals surface area (Å²) in [5, 5.41) is 58.7. The Morgan fingerprint density at radius 1 is 1.22 bits per heavy atom. The van der Waals surface area contributed by atoms with Crippen molar-refractivity contribution in [1.82, 2.24) is 0 Å². The van der Waals surface area contributed by atoms with Crippen LogP contribution in [0.15, 0.2) is 0 Å². The highest BCUT2D eigenvalue weighted by Gasteiger charge is 2.56. The molecule has 0 radical (unpaired) electrons. The molecule has 0 aromatic rings. The van der Waals surface area contributed by atoms with Crippen LogP contribution in [0.2, 0.25) is 0 Å². The molecular weight excluding hydrogens is 308 g/mol.